The number of rotatable bonds is 6. The Bertz CT molecular complexity index is 1090. The maximum Gasteiger partial charge on any atom is 0.414 e. The number of β-amino-alcohol motifs (C(OH)–C–C–N with tert-alkyl or cyclic N) is 1. The Balaban J connectivity index is 0.000000481. The third-order valence-electron chi connectivity index (χ3n) is 6.31. The zero-order chi connectivity index (χ0) is 24.7. The molecule has 3 N–H and O–H groups in total. The summed E-state index contributed by atoms with van der Waals surface area (Å²) in [5, 5.41) is 26.8. The highest BCUT2D eigenvalue weighted by Gasteiger charge is 2.20. The second-order valence-corrected chi connectivity index (χ2v) is 8.66. The molecule has 0 bridgehead atoms. The first-order chi connectivity index (χ1) is 16.3. The standard InChI is InChI=1S/C24H31N3O.C2H2O4/c1-19-20(2)27(24-11-7-6-10-23(19)24)18-22(28)17-26-14-12-25(13-15-26)16-21-8-4-3-5-9-21;3-1(4)2(5)6/h3-11,22,28H,12-18H2,1-2H3;(H,3,4)(H,5,6)/t22-;/m1./s1. The van der Waals surface area contributed by atoms with Gasteiger partial charge in [-0.15, -0.1) is 0 Å². The molecule has 2 aromatic carbocycles. The summed E-state index contributed by atoms with van der Waals surface area (Å²) in [6.45, 7) is 10.9. The Morgan fingerprint density at radius 1 is 0.824 bits per heavy atom. The number of fused-ring (bicyclic) bond motifs is 1. The van der Waals surface area contributed by atoms with Crippen LogP contribution in [0.3, 0.4) is 0 Å². The van der Waals surface area contributed by atoms with E-state index in [1.165, 1.54) is 27.7 Å². The first-order valence-corrected chi connectivity index (χ1v) is 11.4. The number of carbonyl (C=O) groups is 2. The Morgan fingerprint density at radius 2 is 1.38 bits per heavy atom. The molecule has 34 heavy (non-hydrogen) atoms. The number of benzene rings is 2. The summed E-state index contributed by atoms with van der Waals surface area (Å²) in [6.07, 6.45) is -0.352. The van der Waals surface area contributed by atoms with Crippen molar-refractivity contribution in [2.45, 2.75) is 33.0 Å². The monoisotopic (exact) mass is 467 g/mol. The van der Waals surface area contributed by atoms with Crippen molar-refractivity contribution in [1.82, 2.24) is 14.4 Å². The molecule has 0 amide bonds. The van der Waals surface area contributed by atoms with Gasteiger partial charge in [-0.3, -0.25) is 9.80 Å². The molecule has 3 aromatic rings. The van der Waals surface area contributed by atoms with Gasteiger partial charge in [-0.2, -0.15) is 0 Å². The summed E-state index contributed by atoms with van der Waals surface area (Å²) in [5.74, 6) is -3.65. The smallest absolute Gasteiger partial charge is 0.414 e. The topological polar surface area (TPSA) is 106 Å². The van der Waals surface area contributed by atoms with Gasteiger partial charge < -0.3 is 19.9 Å². The summed E-state index contributed by atoms with van der Waals surface area (Å²) < 4.78 is 2.28. The van der Waals surface area contributed by atoms with Crippen molar-refractivity contribution >= 4 is 22.8 Å². The second-order valence-electron chi connectivity index (χ2n) is 8.66. The maximum absolute atomic E-state index is 10.8. The minimum absolute atomic E-state index is 0.352. The molecule has 0 saturated carbocycles. The van der Waals surface area contributed by atoms with Crippen LogP contribution in [0.1, 0.15) is 16.8 Å². The van der Waals surface area contributed by atoms with Gasteiger partial charge in [-0.25, -0.2) is 9.59 Å². The molecule has 0 aliphatic carbocycles. The van der Waals surface area contributed by atoms with Gasteiger partial charge in [-0.05, 0) is 31.0 Å². The van der Waals surface area contributed by atoms with Crippen LogP contribution >= 0.6 is 0 Å². The molecule has 8 nitrogen and oxygen atoms in total. The van der Waals surface area contributed by atoms with E-state index in [1.54, 1.807) is 0 Å². The zero-order valence-electron chi connectivity index (χ0n) is 19.7. The van der Waals surface area contributed by atoms with Crippen LogP contribution in [-0.2, 0) is 22.7 Å². The maximum atomic E-state index is 10.8. The largest absolute Gasteiger partial charge is 0.473 e. The van der Waals surface area contributed by atoms with E-state index in [0.29, 0.717) is 6.54 Å². The number of para-hydroxylation sites is 1. The molecule has 1 fully saturated rings. The van der Waals surface area contributed by atoms with Crippen molar-refractivity contribution in [3.63, 3.8) is 0 Å². The third-order valence-corrected chi connectivity index (χ3v) is 6.31. The predicted octanol–water partition coefficient (Wildman–Crippen LogP) is 2.59. The van der Waals surface area contributed by atoms with Crippen LogP contribution < -0.4 is 0 Å². The number of hydrogen-bond acceptors (Lipinski definition) is 5. The predicted molar refractivity (Wildman–Crippen MR) is 131 cm³/mol. The summed E-state index contributed by atoms with van der Waals surface area (Å²) in [5.41, 5.74) is 5.18. The van der Waals surface area contributed by atoms with Gasteiger partial charge >= 0.3 is 11.9 Å². The number of aryl methyl sites for hydroxylation is 1. The molecule has 8 heteroatoms. The first-order valence-electron chi connectivity index (χ1n) is 11.4. The van der Waals surface area contributed by atoms with Gasteiger partial charge in [-0.1, -0.05) is 48.5 Å². The van der Waals surface area contributed by atoms with Gasteiger partial charge in [0, 0.05) is 55.9 Å². The van der Waals surface area contributed by atoms with Crippen LogP contribution in [0.4, 0.5) is 0 Å². The molecule has 1 aliphatic heterocycles. The lowest BCUT2D eigenvalue weighted by Crippen LogP contribution is -2.48. The van der Waals surface area contributed by atoms with E-state index in [4.69, 9.17) is 19.8 Å². The fourth-order valence-corrected chi connectivity index (χ4v) is 4.38. The van der Waals surface area contributed by atoms with Gasteiger partial charge in [0.1, 0.15) is 0 Å². The molecule has 0 spiro atoms. The van der Waals surface area contributed by atoms with Crippen molar-refractivity contribution in [2.75, 3.05) is 32.7 Å². The number of aliphatic hydroxyl groups is 1. The Kier molecular flexibility index (Phi) is 8.81. The van der Waals surface area contributed by atoms with Crippen LogP contribution in [0.2, 0.25) is 0 Å². The minimum Gasteiger partial charge on any atom is -0.473 e. The van der Waals surface area contributed by atoms with Crippen LogP contribution in [0.15, 0.2) is 54.6 Å². The number of carboxylic acid groups (broad SMARTS) is 2. The van der Waals surface area contributed by atoms with Gasteiger partial charge in [0.15, 0.2) is 0 Å². The summed E-state index contributed by atoms with van der Waals surface area (Å²) in [6, 6.07) is 19.2. The summed E-state index contributed by atoms with van der Waals surface area (Å²) in [4.78, 5) is 23.1. The molecule has 0 unspecified atom stereocenters. The zero-order valence-corrected chi connectivity index (χ0v) is 19.7. The van der Waals surface area contributed by atoms with Gasteiger partial charge in [0.2, 0.25) is 0 Å². The van der Waals surface area contributed by atoms with E-state index in [9.17, 15) is 5.11 Å². The number of carboxylic acids is 2. The highest BCUT2D eigenvalue weighted by Crippen LogP contribution is 2.25. The average molecular weight is 468 g/mol. The van der Waals surface area contributed by atoms with E-state index in [-0.39, 0.29) is 6.10 Å². The average Bonchev–Trinajstić information content (AvgIpc) is 3.06. The second kappa shape index (κ2) is 11.8. The molecule has 0 radical (unpaired) electrons. The SMILES string of the molecule is Cc1c(C)n(C[C@H](O)CN2CCN(Cc3ccccc3)CC2)c2ccccc12.O=C(O)C(=O)O. The molecule has 182 valence electrons. The van der Waals surface area contributed by atoms with Crippen molar-refractivity contribution in [3.8, 4) is 0 Å². The highest BCUT2D eigenvalue weighted by molar-refractivity contribution is 6.27. The lowest BCUT2D eigenvalue weighted by Gasteiger charge is -2.35. The number of aromatic nitrogens is 1. The molecule has 1 aliphatic rings. The summed E-state index contributed by atoms with van der Waals surface area (Å²) in [7, 11) is 0. The third kappa shape index (κ3) is 6.66. The molecule has 4 rings (SSSR count). The van der Waals surface area contributed by atoms with Crippen LogP contribution in [0.25, 0.3) is 10.9 Å². The quantitative estimate of drug-likeness (QED) is 0.479. The number of hydrogen-bond donors (Lipinski definition) is 3. The Hall–Kier alpha value is -3.20. The van der Waals surface area contributed by atoms with E-state index in [2.05, 4.69) is 82.8 Å². The van der Waals surface area contributed by atoms with Crippen LogP contribution in [-0.4, -0.2) is 80.5 Å². The summed E-state index contributed by atoms with van der Waals surface area (Å²) >= 11 is 0. The van der Waals surface area contributed by atoms with Crippen molar-refractivity contribution in [2.24, 2.45) is 0 Å². The fraction of sp³-hybridized carbons (Fsp3) is 0.385. The molecule has 1 atom stereocenters. The number of piperazine rings is 1. The lowest BCUT2D eigenvalue weighted by atomic mass is 10.2. The number of aliphatic hydroxyl groups excluding tert-OH is 1. The molecule has 1 aromatic heterocycles. The van der Waals surface area contributed by atoms with E-state index < -0.39 is 11.9 Å². The molecular weight excluding hydrogens is 434 g/mol. The van der Waals surface area contributed by atoms with E-state index >= 15 is 0 Å². The Labute approximate surface area is 199 Å². The minimum atomic E-state index is -1.82. The van der Waals surface area contributed by atoms with Crippen molar-refractivity contribution in [3.05, 3.63) is 71.4 Å². The molecule has 1 saturated heterocycles. The number of nitrogens with zero attached hydrogens (tertiary/aromatic N) is 3. The van der Waals surface area contributed by atoms with Crippen molar-refractivity contribution in [1.29, 1.82) is 0 Å². The van der Waals surface area contributed by atoms with E-state index in [0.717, 1.165) is 39.3 Å². The van der Waals surface area contributed by atoms with Crippen LogP contribution in [0, 0.1) is 13.8 Å². The highest BCUT2D eigenvalue weighted by atomic mass is 16.4. The lowest BCUT2D eigenvalue weighted by molar-refractivity contribution is -0.159. The Morgan fingerprint density at radius 3 is 2.00 bits per heavy atom. The normalized spacial score (nSPS) is 15.5. The van der Waals surface area contributed by atoms with E-state index in [1.807, 2.05) is 0 Å². The molecule has 2 heterocycles. The first kappa shape index (κ1) is 25.4. The van der Waals surface area contributed by atoms with Crippen LogP contribution in [0.5, 0.6) is 0 Å². The van der Waals surface area contributed by atoms with Crippen molar-refractivity contribution < 1.29 is 24.9 Å². The fourth-order valence-electron chi connectivity index (χ4n) is 4.38. The number of aliphatic carboxylic acids is 2. The molecular formula is C26H33N3O5. The van der Waals surface area contributed by atoms with Gasteiger partial charge in [0.05, 0.1) is 12.6 Å². The van der Waals surface area contributed by atoms with Gasteiger partial charge in [0.25, 0.3) is 0 Å².